The highest BCUT2D eigenvalue weighted by atomic mass is 28.4. The highest BCUT2D eigenvalue weighted by molar-refractivity contribution is 6.62. The molecule has 3 nitrogen and oxygen atoms in total. The number of hydrogen-bond donors (Lipinski definition) is 0. The van der Waals surface area contributed by atoms with Gasteiger partial charge >= 0.3 is 8.80 Å². The molecular weight excluding hydrogens is 244 g/mol. The standard InChI is InChI=1S/C14H28O3Si/c1-5-15-18(16-6-2,17-7-3)12(4)8-9-14-10-13(14)11-14/h12-13H,5-11H2,1-4H3. The van der Waals surface area contributed by atoms with E-state index in [9.17, 15) is 0 Å². The SMILES string of the molecule is CCO[Si](OCC)(OCC)C(C)CCC12CC1C2. The van der Waals surface area contributed by atoms with E-state index < -0.39 is 8.80 Å². The fraction of sp³-hybridized carbons (Fsp3) is 1.00. The minimum absolute atomic E-state index is 0.425. The number of fused-ring (bicyclic) bond motifs is 1. The van der Waals surface area contributed by atoms with Crippen LogP contribution in [0.15, 0.2) is 0 Å². The Morgan fingerprint density at radius 1 is 1.06 bits per heavy atom. The average Bonchev–Trinajstić information content (AvgIpc) is 3.16. The molecule has 0 aliphatic heterocycles. The average molecular weight is 272 g/mol. The molecule has 0 amide bonds. The van der Waals surface area contributed by atoms with Crippen LogP contribution in [0.4, 0.5) is 0 Å². The van der Waals surface area contributed by atoms with Gasteiger partial charge in [0.2, 0.25) is 0 Å². The molecule has 18 heavy (non-hydrogen) atoms. The zero-order valence-electron chi connectivity index (χ0n) is 12.3. The van der Waals surface area contributed by atoms with Gasteiger partial charge < -0.3 is 13.3 Å². The van der Waals surface area contributed by atoms with Crippen molar-refractivity contribution in [2.75, 3.05) is 19.8 Å². The van der Waals surface area contributed by atoms with Crippen molar-refractivity contribution in [3.05, 3.63) is 0 Å². The highest BCUT2D eigenvalue weighted by Crippen LogP contribution is 2.77. The van der Waals surface area contributed by atoms with Gasteiger partial charge in [0, 0.05) is 25.4 Å². The Morgan fingerprint density at radius 2 is 1.50 bits per heavy atom. The van der Waals surface area contributed by atoms with Gasteiger partial charge in [-0.25, -0.2) is 0 Å². The van der Waals surface area contributed by atoms with Crippen LogP contribution in [0.5, 0.6) is 0 Å². The molecule has 0 saturated heterocycles. The third-order valence-corrected chi connectivity index (χ3v) is 8.14. The van der Waals surface area contributed by atoms with Gasteiger partial charge in [0.05, 0.1) is 0 Å². The molecule has 2 aliphatic carbocycles. The second-order valence-electron chi connectivity index (χ2n) is 5.81. The molecule has 4 heteroatoms. The lowest BCUT2D eigenvalue weighted by atomic mass is 10.1. The maximum atomic E-state index is 5.97. The summed E-state index contributed by atoms with van der Waals surface area (Å²) >= 11 is 0. The fourth-order valence-corrected chi connectivity index (χ4v) is 5.86. The summed E-state index contributed by atoms with van der Waals surface area (Å²) in [5.41, 5.74) is 1.19. The smallest absolute Gasteiger partial charge is 0.374 e. The van der Waals surface area contributed by atoms with Crippen molar-refractivity contribution in [1.82, 2.24) is 0 Å². The van der Waals surface area contributed by atoms with Crippen molar-refractivity contribution in [2.24, 2.45) is 11.3 Å². The first-order chi connectivity index (χ1) is 8.62. The van der Waals surface area contributed by atoms with E-state index in [0.717, 1.165) is 11.3 Å². The van der Waals surface area contributed by atoms with E-state index in [2.05, 4.69) is 6.92 Å². The maximum Gasteiger partial charge on any atom is 0.503 e. The third kappa shape index (κ3) is 2.82. The van der Waals surface area contributed by atoms with Gasteiger partial charge in [-0.15, -0.1) is 0 Å². The van der Waals surface area contributed by atoms with Crippen LogP contribution < -0.4 is 0 Å². The summed E-state index contributed by atoms with van der Waals surface area (Å²) in [5, 5.41) is 0. The summed E-state index contributed by atoms with van der Waals surface area (Å²) < 4.78 is 17.9. The molecule has 2 rings (SSSR count). The highest BCUT2D eigenvalue weighted by Gasteiger charge is 2.68. The Bertz CT molecular complexity index is 259. The Morgan fingerprint density at radius 3 is 1.83 bits per heavy atom. The minimum Gasteiger partial charge on any atom is -0.374 e. The van der Waals surface area contributed by atoms with E-state index in [1.807, 2.05) is 20.8 Å². The summed E-state index contributed by atoms with van der Waals surface area (Å²) in [4.78, 5) is 0. The Balaban J connectivity index is 1.90. The lowest BCUT2D eigenvalue weighted by Gasteiger charge is -2.33. The maximum absolute atomic E-state index is 5.97. The van der Waals surface area contributed by atoms with Gasteiger partial charge in [-0.3, -0.25) is 0 Å². The third-order valence-electron chi connectivity index (χ3n) is 4.57. The lowest BCUT2D eigenvalue weighted by Crippen LogP contribution is -2.49. The second-order valence-corrected chi connectivity index (χ2v) is 8.87. The molecule has 0 N–H and O–H groups in total. The van der Waals surface area contributed by atoms with Crippen LogP contribution in [0.3, 0.4) is 0 Å². The van der Waals surface area contributed by atoms with Gasteiger partial charge in [-0.2, -0.15) is 0 Å². The predicted molar refractivity (Wildman–Crippen MR) is 74.4 cm³/mol. The molecule has 0 bridgehead atoms. The second kappa shape index (κ2) is 5.61. The first-order valence-electron chi connectivity index (χ1n) is 7.54. The summed E-state index contributed by atoms with van der Waals surface area (Å²) in [6.07, 6.45) is 5.50. The van der Waals surface area contributed by atoms with Crippen LogP contribution >= 0.6 is 0 Å². The monoisotopic (exact) mass is 272 g/mol. The molecule has 0 radical (unpaired) electrons. The van der Waals surface area contributed by atoms with Gasteiger partial charge in [-0.05, 0) is 57.8 Å². The molecule has 0 aromatic rings. The summed E-state index contributed by atoms with van der Waals surface area (Å²) in [6.45, 7) is 10.4. The normalized spacial score (nSPS) is 31.0. The molecule has 106 valence electrons. The topological polar surface area (TPSA) is 27.7 Å². The minimum atomic E-state index is -2.45. The van der Waals surface area contributed by atoms with Crippen LogP contribution in [0, 0.1) is 11.3 Å². The van der Waals surface area contributed by atoms with Crippen LogP contribution in [0.1, 0.15) is 53.4 Å². The number of rotatable bonds is 10. The molecule has 0 aromatic carbocycles. The molecule has 2 fully saturated rings. The first kappa shape index (κ1) is 14.5. The zero-order chi connectivity index (χ0) is 13.2. The van der Waals surface area contributed by atoms with Crippen molar-refractivity contribution in [2.45, 2.75) is 58.9 Å². The van der Waals surface area contributed by atoms with E-state index in [-0.39, 0.29) is 0 Å². The van der Waals surface area contributed by atoms with Crippen molar-refractivity contribution in [1.29, 1.82) is 0 Å². The first-order valence-corrected chi connectivity index (χ1v) is 9.34. The molecule has 0 spiro atoms. The molecule has 0 aromatic heterocycles. The van der Waals surface area contributed by atoms with Crippen molar-refractivity contribution >= 4 is 8.80 Å². The zero-order valence-corrected chi connectivity index (χ0v) is 13.3. The van der Waals surface area contributed by atoms with Crippen molar-refractivity contribution < 1.29 is 13.3 Å². The van der Waals surface area contributed by atoms with Crippen molar-refractivity contribution in [3.8, 4) is 0 Å². The van der Waals surface area contributed by atoms with Gasteiger partial charge in [0.25, 0.3) is 0 Å². The van der Waals surface area contributed by atoms with Crippen molar-refractivity contribution in [3.63, 3.8) is 0 Å². The summed E-state index contributed by atoms with van der Waals surface area (Å²) in [6, 6.07) is 0. The fourth-order valence-electron chi connectivity index (χ4n) is 3.05. The summed E-state index contributed by atoms with van der Waals surface area (Å²) in [5.74, 6) is 1.08. The van der Waals surface area contributed by atoms with E-state index in [0.29, 0.717) is 25.4 Å². The van der Waals surface area contributed by atoms with Crippen LogP contribution in [-0.2, 0) is 13.3 Å². The van der Waals surface area contributed by atoms with E-state index in [4.69, 9.17) is 13.3 Å². The van der Waals surface area contributed by atoms with Gasteiger partial charge in [0.15, 0.2) is 0 Å². The molecular formula is C14H28O3Si. The van der Waals surface area contributed by atoms with E-state index in [1.54, 1.807) is 0 Å². The van der Waals surface area contributed by atoms with Crippen LogP contribution in [-0.4, -0.2) is 28.6 Å². The largest absolute Gasteiger partial charge is 0.503 e. The lowest BCUT2D eigenvalue weighted by molar-refractivity contribution is 0.0609. The van der Waals surface area contributed by atoms with Crippen LogP contribution in [0.2, 0.25) is 5.54 Å². The quantitative estimate of drug-likeness (QED) is 0.569. The molecule has 2 aliphatic rings. The van der Waals surface area contributed by atoms with Gasteiger partial charge in [0.1, 0.15) is 0 Å². The number of hydrogen-bond acceptors (Lipinski definition) is 3. The predicted octanol–water partition coefficient (Wildman–Crippen LogP) is 3.62. The Hall–Kier alpha value is 0.0969. The Labute approximate surface area is 113 Å². The Kier molecular flexibility index (Phi) is 4.52. The summed E-state index contributed by atoms with van der Waals surface area (Å²) in [7, 11) is -2.45. The van der Waals surface area contributed by atoms with E-state index >= 15 is 0 Å². The molecule has 2 saturated carbocycles. The van der Waals surface area contributed by atoms with Crippen LogP contribution in [0.25, 0.3) is 0 Å². The molecule has 1 atom stereocenters. The van der Waals surface area contributed by atoms with Gasteiger partial charge in [-0.1, -0.05) is 6.92 Å². The molecule has 1 unspecified atom stereocenters. The van der Waals surface area contributed by atoms with E-state index in [1.165, 1.54) is 25.7 Å². The molecule has 0 heterocycles.